The highest BCUT2D eigenvalue weighted by Gasteiger charge is 2.27. The van der Waals surface area contributed by atoms with Crippen molar-refractivity contribution >= 4 is 19.8 Å². The van der Waals surface area contributed by atoms with Gasteiger partial charge in [-0.25, -0.2) is 4.57 Å². The van der Waals surface area contributed by atoms with Gasteiger partial charge in [-0.3, -0.25) is 18.6 Å². The van der Waals surface area contributed by atoms with E-state index in [2.05, 4.69) is 31.4 Å². The van der Waals surface area contributed by atoms with Crippen molar-refractivity contribution in [2.75, 3.05) is 26.4 Å². The van der Waals surface area contributed by atoms with Crippen molar-refractivity contribution in [1.82, 2.24) is 0 Å². The van der Waals surface area contributed by atoms with Gasteiger partial charge in [-0.1, -0.05) is 121 Å². The lowest BCUT2D eigenvalue weighted by molar-refractivity contribution is -0.161. The Kier molecular flexibility index (Phi) is 30.9. The van der Waals surface area contributed by atoms with E-state index in [1.807, 2.05) is 24.3 Å². The molecule has 0 radical (unpaired) electrons. The maximum Gasteiger partial charge on any atom is 0.472 e. The fourth-order valence-electron chi connectivity index (χ4n) is 4.68. The molecule has 49 heavy (non-hydrogen) atoms. The van der Waals surface area contributed by atoms with Gasteiger partial charge in [0, 0.05) is 12.8 Å². The molecular weight excluding hydrogens is 651 g/mol. The third-order valence-corrected chi connectivity index (χ3v) is 8.52. The summed E-state index contributed by atoms with van der Waals surface area (Å²) in [6.45, 7) is 4.34. The molecule has 0 rings (SSSR count). The molecule has 11 nitrogen and oxygen atoms in total. The van der Waals surface area contributed by atoms with E-state index in [1.54, 1.807) is 6.08 Å². The number of hydrogen-bond donors (Lipinski definition) is 4. The Hall–Kier alpha value is -1.85. The summed E-state index contributed by atoms with van der Waals surface area (Å²) in [5.41, 5.74) is 0. The van der Waals surface area contributed by atoms with Crippen LogP contribution in [0.1, 0.15) is 136 Å². The Labute approximate surface area is 295 Å². The van der Waals surface area contributed by atoms with Gasteiger partial charge in [0.15, 0.2) is 6.10 Å². The van der Waals surface area contributed by atoms with Gasteiger partial charge in [-0.05, 0) is 44.4 Å². The smallest absolute Gasteiger partial charge is 0.462 e. The first-order valence-corrected chi connectivity index (χ1v) is 19.9. The lowest BCUT2D eigenvalue weighted by Crippen LogP contribution is -2.29. The number of allylic oxidation sites excluding steroid dienone is 4. The highest BCUT2D eigenvalue weighted by Crippen LogP contribution is 2.43. The first-order chi connectivity index (χ1) is 23.5. The summed E-state index contributed by atoms with van der Waals surface area (Å²) in [4.78, 5) is 34.7. The van der Waals surface area contributed by atoms with Gasteiger partial charge in [0.05, 0.1) is 25.9 Å². The van der Waals surface area contributed by atoms with Gasteiger partial charge in [0.2, 0.25) is 0 Å². The van der Waals surface area contributed by atoms with Crippen LogP contribution in [-0.2, 0) is 32.7 Å². The van der Waals surface area contributed by atoms with Crippen LogP contribution in [0.15, 0.2) is 36.5 Å². The fourth-order valence-corrected chi connectivity index (χ4v) is 5.47. The average Bonchev–Trinajstić information content (AvgIpc) is 3.06. The van der Waals surface area contributed by atoms with Crippen molar-refractivity contribution in [3.63, 3.8) is 0 Å². The Morgan fingerprint density at radius 1 is 0.735 bits per heavy atom. The largest absolute Gasteiger partial charge is 0.472 e. The summed E-state index contributed by atoms with van der Waals surface area (Å²) in [6, 6.07) is 0. The van der Waals surface area contributed by atoms with E-state index in [1.165, 1.54) is 25.7 Å². The van der Waals surface area contributed by atoms with Gasteiger partial charge < -0.3 is 29.7 Å². The van der Waals surface area contributed by atoms with Crippen LogP contribution in [-0.4, -0.2) is 76.9 Å². The minimum Gasteiger partial charge on any atom is -0.462 e. The minimum atomic E-state index is -4.63. The number of ether oxygens (including phenoxy) is 2. The van der Waals surface area contributed by atoms with Crippen molar-refractivity contribution in [2.45, 2.75) is 155 Å². The zero-order chi connectivity index (χ0) is 36.6. The predicted octanol–water partition coefficient (Wildman–Crippen LogP) is 7.66. The number of carbonyl (C=O) groups excluding carboxylic acids is 2. The molecular formula is C37H67O11P. The summed E-state index contributed by atoms with van der Waals surface area (Å²) in [5, 5.41) is 28.1. The molecule has 4 atom stereocenters. The van der Waals surface area contributed by atoms with E-state index in [0.29, 0.717) is 19.3 Å². The summed E-state index contributed by atoms with van der Waals surface area (Å²) >= 11 is 0. The van der Waals surface area contributed by atoms with Gasteiger partial charge in [-0.2, -0.15) is 0 Å². The Morgan fingerprint density at radius 2 is 1.33 bits per heavy atom. The second-order valence-electron chi connectivity index (χ2n) is 12.9. The number of rotatable bonds is 33. The molecule has 0 aromatic heterocycles. The third-order valence-electron chi connectivity index (χ3n) is 7.57. The van der Waals surface area contributed by atoms with Crippen LogP contribution in [0.25, 0.3) is 0 Å². The molecule has 2 unspecified atom stereocenters. The van der Waals surface area contributed by atoms with Crippen molar-refractivity contribution < 1.29 is 52.9 Å². The third kappa shape index (κ3) is 33.1. The van der Waals surface area contributed by atoms with Crippen LogP contribution < -0.4 is 0 Å². The number of phosphoric ester groups is 1. The number of aliphatic hydroxyl groups excluding tert-OH is 3. The summed E-state index contributed by atoms with van der Waals surface area (Å²) in [6.07, 6.45) is 24.7. The molecule has 12 heteroatoms. The molecule has 0 spiro atoms. The normalized spacial score (nSPS) is 15.3. The van der Waals surface area contributed by atoms with Gasteiger partial charge in [0.1, 0.15) is 12.7 Å². The zero-order valence-corrected chi connectivity index (χ0v) is 31.3. The van der Waals surface area contributed by atoms with Crippen molar-refractivity contribution in [3.8, 4) is 0 Å². The summed E-state index contributed by atoms with van der Waals surface area (Å²) in [7, 11) is -4.63. The number of phosphoric acid groups is 1. The summed E-state index contributed by atoms with van der Waals surface area (Å²) < 4.78 is 32.5. The van der Waals surface area contributed by atoms with Crippen molar-refractivity contribution in [2.24, 2.45) is 5.92 Å². The van der Waals surface area contributed by atoms with Gasteiger partial charge >= 0.3 is 19.8 Å². The van der Waals surface area contributed by atoms with E-state index in [4.69, 9.17) is 19.1 Å². The van der Waals surface area contributed by atoms with E-state index < -0.39 is 57.9 Å². The molecule has 0 aromatic carbocycles. The lowest BCUT2D eigenvalue weighted by Gasteiger charge is -2.20. The van der Waals surface area contributed by atoms with Gasteiger partial charge in [-0.15, -0.1) is 0 Å². The van der Waals surface area contributed by atoms with Crippen molar-refractivity contribution in [1.29, 1.82) is 0 Å². The summed E-state index contributed by atoms with van der Waals surface area (Å²) in [5.74, 6) is -0.248. The van der Waals surface area contributed by atoms with Crippen molar-refractivity contribution in [3.05, 3.63) is 36.5 Å². The molecule has 0 heterocycles. The number of aliphatic hydroxyl groups is 3. The highest BCUT2D eigenvalue weighted by molar-refractivity contribution is 7.47. The van der Waals surface area contributed by atoms with E-state index >= 15 is 0 Å². The first kappa shape index (κ1) is 47.1. The molecule has 286 valence electrons. The number of unbranched alkanes of at least 4 members (excludes halogenated alkanes) is 11. The van der Waals surface area contributed by atoms with Crippen LogP contribution in [0.5, 0.6) is 0 Å². The standard InChI is InChI=1S/C37H67O11P/c1-4-5-18-24-33(39)25-20-15-11-7-6-8-12-17-22-27-37(42)48-35(31-47-49(43,44)46-29-34(40)28-38)30-45-36(41)26-21-16-13-9-10-14-19-23-32(2)3/h5,11,15,18,20,25,32-35,38-40H,4,6-10,12-14,16-17,19,21-24,26-31H2,1-3H3,(H,43,44)/b15-11+,18-5+,25-20+/t33?,34-,35+/m0/s1. The Bertz CT molecular complexity index is 951. The average molecular weight is 719 g/mol. The monoisotopic (exact) mass is 718 g/mol. The quantitative estimate of drug-likeness (QED) is 0.0173. The molecule has 0 amide bonds. The first-order valence-electron chi connectivity index (χ1n) is 18.4. The second kappa shape index (κ2) is 32.1. The molecule has 0 fully saturated rings. The number of hydrogen-bond acceptors (Lipinski definition) is 10. The molecule has 0 bridgehead atoms. The second-order valence-corrected chi connectivity index (χ2v) is 14.4. The Balaban J connectivity index is 4.47. The fraction of sp³-hybridized carbons (Fsp3) is 0.784. The Morgan fingerprint density at radius 3 is 1.96 bits per heavy atom. The van der Waals surface area contributed by atoms with Crippen LogP contribution in [0.3, 0.4) is 0 Å². The number of carbonyl (C=O) groups is 2. The maximum absolute atomic E-state index is 12.5. The van der Waals surface area contributed by atoms with E-state index in [9.17, 15) is 29.3 Å². The molecule has 0 saturated carbocycles. The lowest BCUT2D eigenvalue weighted by atomic mass is 10.0. The SMILES string of the molecule is CC/C=C/CC(O)/C=C/C=C/CCCCCCCC(=O)O[C@H](COC(=O)CCCCCCCCCC(C)C)COP(=O)(O)OC[C@@H](O)CO. The van der Waals surface area contributed by atoms with Crippen LogP contribution in [0.4, 0.5) is 0 Å². The topological polar surface area (TPSA) is 169 Å². The molecule has 0 aliphatic rings. The van der Waals surface area contributed by atoms with Crippen LogP contribution in [0, 0.1) is 5.92 Å². The van der Waals surface area contributed by atoms with E-state index in [0.717, 1.165) is 63.7 Å². The van der Waals surface area contributed by atoms with Crippen LogP contribution >= 0.6 is 7.82 Å². The van der Waals surface area contributed by atoms with Gasteiger partial charge in [0.25, 0.3) is 0 Å². The molecule has 0 aromatic rings. The molecule has 4 N–H and O–H groups in total. The minimum absolute atomic E-state index is 0.137. The predicted molar refractivity (Wildman–Crippen MR) is 193 cm³/mol. The number of esters is 2. The van der Waals surface area contributed by atoms with Crippen LogP contribution in [0.2, 0.25) is 0 Å². The molecule has 0 saturated heterocycles. The maximum atomic E-state index is 12.5. The molecule has 0 aliphatic heterocycles. The zero-order valence-electron chi connectivity index (χ0n) is 30.4. The highest BCUT2D eigenvalue weighted by atomic mass is 31.2. The van der Waals surface area contributed by atoms with E-state index in [-0.39, 0.29) is 19.4 Å². The molecule has 0 aliphatic carbocycles.